The van der Waals surface area contributed by atoms with Gasteiger partial charge in [-0.1, -0.05) is 12.7 Å². The molecule has 0 aliphatic heterocycles. The summed E-state index contributed by atoms with van der Waals surface area (Å²) >= 11 is 0. The Labute approximate surface area is 76.0 Å². The van der Waals surface area contributed by atoms with Gasteiger partial charge in [-0.2, -0.15) is 4.89 Å². The predicted octanol–water partition coefficient (Wildman–Crippen LogP) is 0.324. The lowest BCUT2D eigenvalue weighted by molar-refractivity contribution is -0.323. The van der Waals surface area contributed by atoms with Crippen molar-refractivity contribution in [3.8, 4) is 0 Å². The van der Waals surface area contributed by atoms with Crippen LogP contribution in [0.25, 0.3) is 0 Å². The lowest BCUT2D eigenvalue weighted by Gasteiger charge is -1.99. The molecule has 0 aromatic rings. The van der Waals surface area contributed by atoms with Gasteiger partial charge in [0.05, 0.1) is 0 Å². The first-order valence-electron chi connectivity index (χ1n) is 3.81. The van der Waals surface area contributed by atoms with Gasteiger partial charge in [0, 0.05) is 0 Å². The second kappa shape index (κ2) is 4.98. The van der Waals surface area contributed by atoms with E-state index in [-0.39, 0.29) is 6.61 Å². The second-order valence-electron chi connectivity index (χ2n) is 2.45. The van der Waals surface area contributed by atoms with E-state index in [1.54, 1.807) is 0 Å². The molecule has 13 heavy (non-hydrogen) atoms. The first-order valence-corrected chi connectivity index (χ1v) is 3.81. The van der Waals surface area contributed by atoms with Crippen LogP contribution in [-0.4, -0.2) is 30.0 Å². The molecule has 74 valence electrons. The Morgan fingerprint density at radius 1 is 1.23 bits per heavy atom. The fourth-order valence-electron chi connectivity index (χ4n) is 0.736. The maximum Gasteiger partial charge on any atom is 0.165 e. The van der Waals surface area contributed by atoms with Gasteiger partial charge < -0.3 is 9.99 Å². The highest BCUT2D eigenvalue weighted by Gasteiger charge is 2.55. The number of hydrogen-bond donors (Lipinski definition) is 1. The summed E-state index contributed by atoms with van der Waals surface area (Å²) in [5.41, 5.74) is 0. The van der Waals surface area contributed by atoms with Gasteiger partial charge >= 0.3 is 0 Å². The molecule has 0 spiro atoms. The van der Waals surface area contributed by atoms with Crippen LogP contribution in [0.15, 0.2) is 25.5 Å². The van der Waals surface area contributed by atoms with Crippen molar-refractivity contribution in [3.63, 3.8) is 0 Å². The second-order valence-corrected chi connectivity index (χ2v) is 2.45. The minimum Gasteiger partial charge on any atom is -0.387 e. The molecule has 0 amide bonds. The van der Waals surface area contributed by atoms with E-state index in [4.69, 9.17) is 9.99 Å². The molecule has 0 bridgehead atoms. The van der Waals surface area contributed by atoms with Crippen molar-refractivity contribution in [2.45, 2.75) is 18.3 Å². The fourth-order valence-corrected chi connectivity index (χ4v) is 0.736. The molecule has 1 rings (SSSR count). The molecule has 1 fully saturated rings. The summed E-state index contributed by atoms with van der Waals surface area (Å²) in [5.74, 6) is 0. The highest BCUT2D eigenvalue weighted by atomic mass is 17.2. The van der Waals surface area contributed by atoms with E-state index in [9.17, 15) is 0 Å². The Bertz CT molecular complexity index is 181. The van der Waals surface area contributed by atoms with Crippen molar-refractivity contribution in [3.05, 3.63) is 25.5 Å². The van der Waals surface area contributed by atoms with Crippen molar-refractivity contribution in [1.82, 2.24) is 0 Å². The largest absolute Gasteiger partial charge is 0.387 e. The highest BCUT2D eigenvalue weighted by molar-refractivity contribution is 5.00. The van der Waals surface area contributed by atoms with Crippen LogP contribution in [0, 0.1) is 0 Å². The maximum absolute atomic E-state index is 9.14. The summed E-state index contributed by atoms with van der Waals surface area (Å²) in [5, 5.41) is 9.14. The quantitative estimate of drug-likeness (QED) is 0.205. The average molecular weight is 188 g/mol. The molecule has 1 aliphatic rings. The van der Waals surface area contributed by atoms with Crippen molar-refractivity contribution in [2.75, 3.05) is 6.61 Å². The lowest BCUT2D eigenvalue weighted by atomic mass is 10.7. The molecule has 0 saturated heterocycles. The maximum atomic E-state index is 9.14. The Balaban J connectivity index is 2.08. The molecule has 3 unspecified atom stereocenters. The van der Waals surface area contributed by atoms with E-state index < -0.39 is 18.3 Å². The van der Waals surface area contributed by atoms with E-state index in [2.05, 4.69) is 27.8 Å². The smallest absolute Gasteiger partial charge is 0.165 e. The molecule has 0 aromatic heterocycles. The number of rotatable bonds is 7. The van der Waals surface area contributed by atoms with Crippen LogP contribution >= 0.6 is 0 Å². The van der Waals surface area contributed by atoms with Crippen LogP contribution in [0.2, 0.25) is 0 Å². The molecule has 1 saturated carbocycles. The predicted molar refractivity (Wildman–Crippen MR) is 43.2 cm³/mol. The van der Waals surface area contributed by atoms with E-state index in [0.29, 0.717) is 0 Å². The van der Waals surface area contributed by atoms with E-state index >= 15 is 0 Å². The third-order valence-electron chi connectivity index (χ3n) is 1.46. The van der Waals surface area contributed by atoms with Crippen molar-refractivity contribution in [1.29, 1.82) is 0 Å². The summed E-state index contributed by atoms with van der Waals surface area (Å²) < 4.78 is 0. The summed E-state index contributed by atoms with van der Waals surface area (Å²) in [7, 11) is 0. The van der Waals surface area contributed by atoms with Crippen molar-refractivity contribution in [2.24, 2.45) is 0 Å². The van der Waals surface area contributed by atoms with Gasteiger partial charge in [0.25, 0.3) is 0 Å². The Morgan fingerprint density at radius 3 is 2.54 bits per heavy atom. The van der Waals surface area contributed by atoms with E-state index in [0.717, 1.165) is 6.26 Å². The third-order valence-corrected chi connectivity index (χ3v) is 1.46. The van der Waals surface area contributed by atoms with Crippen LogP contribution in [0.4, 0.5) is 0 Å². The van der Waals surface area contributed by atoms with Gasteiger partial charge in [-0.15, -0.1) is 6.58 Å². The van der Waals surface area contributed by atoms with Gasteiger partial charge in [-0.05, 0) is 0 Å². The molecular weight excluding hydrogens is 176 g/mol. The van der Waals surface area contributed by atoms with Crippen LogP contribution in [0.1, 0.15) is 0 Å². The zero-order valence-electron chi connectivity index (χ0n) is 7.09. The molecule has 5 heteroatoms. The monoisotopic (exact) mass is 188 g/mol. The third kappa shape index (κ3) is 2.82. The molecular formula is C8H12O5. The molecule has 0 heterocycles. The molecule has 1 N–H and O–H groups in total. The molecule has 5 nitrogen and oxygen atoms in total. The van der Waals surface area contributed by atoms with Crippen LogP contribution < -0.4 is 0 Å². The minimum absolute atomic E-state index is 0.262. The van der Waals surface area contributed by atoms with Crippen molar-refractivity contribution >= 4 is 0 Å². The number of aliphatic hydroxyl groups excluding tert-OH is 1. The standard InChI is InChI=1S/C8H12O5/c1-3-5-11-13-8-6(9)7(8)12-10-4-2/h3-4,6-9H,1-2,5H2. The normalized spacial score (nSPS) is 31.0. The average Bonchev–Trinajstić information content (AvgIpc) is 2.74. The van der Waals surface area contributed by atoms with Gasteiger partial charge in [0.15, 0.2) is 12.2 Å². The minimum atomic E-state index is -0.718. The summed E-state index contributed by atoms with van der Waals surface area (Å²) in [6.07, 6.45) is 0.921. The van der Waals surface area contributed by atoms with Crippen LogP contribution in [0.3, 0.4) is 0 Å². The summed E-state index contributed by atoms with van der Waals surface area (Å²) in [6, 6.07) is 0. The fraction of sp³-hybridized carbons (Fsp3) is 0.500. The van der Waals surface area contributed by atoms with Crippen LogP contribution in [-0.2, 0) is 19.6 Å². The van der Waals surface area contributed by atoms with Gasteiger partial charge in [0.1, 0.15) is 19.0 Å². The van der Waals surface area contributed by atoms with Crippen molar-refractivity contribution < 1.29 is 24.7 Å². The van der Waals surface area contributed by atoms with Gasteiger partial charge in [0.2, 0.25) is 0 Å². The summed E-state index contributed by atoms with van der Waals surface area (Å²) in [4.78, 5) is 18.5. The Morgan fingerprint density at radius 2 is 1.92 bits per heavy atom. The Kier molecular flexibility index (Phi) is 3.91. The van der Waals surface area contributed by atoms with E-state index in [1.807, 2.05) is 0 Å². The lowest BCUT2D eigenvalue weighted by Crippen LogP contribution is -2.04. The van der Waals surface area contributed by atoms with Gasteiger partial charge in [-0.25, -0.2) is 9.78 Å². The SMILES string of the molecule is C=CCOOC1C(O)C1OOC=C. The molecule has 1 aliphatic carbocycles. The molecule has 3 atom stereocenters. The number of aliphatic hydroxyl groups is 1. The zero-order chi connectivity index (χ0) is 9.68. The van der Waals surface area contributed by atoms with Gasteiger partial charge in [-0.3, -0.25) is 0 Å². The topological polar surface area (TPSA) is 57.2 Å². The molecule has 0 aromatic carbocycles. The highest BCUT2D eigenvalue weighted by Crippen LogP contribution is 2.30. The van der Waals surface area contributed by atoms with E-state index in [1.165, 1.54) is 6.08 Å². The molecule has 0 radical (unpaired) electrons. The summed E-state index contributed by atoms with van der Waals surface area (Å²) in [6.45, 7) is 6.96. The van der Waals surface area contributed by atoms with Crippen LogP contribution in [0.5, 0.6) is 0 Å². The first kappa shape index (κ1) is 10.2. The number of hydrogen-bond acceptors (Lipinski definition) is 5. The first-order chi connectivity index (χ1) is 6.31. The Hall–Kier alpha value is -0.880. The zero-order valence-corrected chi connectivity index (χ0v) is 7.09.